The van der Waals surface area contributed by atoms with Crippen LogP contribution in [0.1, 0.15) is 167 Å². The lowest BCUT2D eigenvalue weighted by Crippen LogP contribution is -2.42. The van der Waals surface area contributed by atoms with E-state index in [9.17, 15) is 0 Å². The Balaban J connectivity index is 1.01. The molecule has 0 spiro atoms. The van der Waals surface area contributed by atoms with Gasteiger partial charge in [0.25, 0.3) is 0 Å². The quantitative estimate of drug-likeness (QED) is 0.149. The molecule has 1 aliphatic carbocycles. The number of ether oxygens (including phenoxy) is 4. The first-order valence-corrected chi connectivity index (χ1v) is 20.3. The lowest BCUT2D eigenvalue weighted by Gasteiger charge is -2.40. The summed E-state index contributed by atoms with van der Waals surface area (Å²) in [5.41, 5.74) is 5.10. The number of hydrogen-bond acceptors (Lipinski definition) is 4. The summed E-state index contributed by atoms with van der Waals surface area (Å²) >= 11 is 0. The molecule has 268 valence electrons. The fraction of sp³-hybridized carbons (Fsp3) is 0.727. The van der Waals surface area contributed by atoms with E-state index in [1.807, 2.05) is 0 Å². The van der Waals surface area contributed by atoms with Crippen molar-refractivity contribution in [3.05, 3.63) is 59.7 Å². The molecule has 2 aliphatic heterocycles. The van der Waals surface area contributed by atoms with Crippen LogP contribution >= 0.6 is 0 Å². The van der Waals surface area contributed by atoms with E-state index in [-0.39, 0.29) is 18.7 Å². The van der Waals surface area contributed by atoms with Gasteiger partial charge < -0.3 is 18.9 Å². The number of unbranched alkanes of at least 4 members (excludes halogenated alkanes) is 10. The van der Waals surface area contributed by atoms with Gasteiger partial charge in [0, 0.05) is 23.3 Å². The van der Waals surface area contributed by atoms with Gasteiger partial charge in [-0.2, -0.15) is 0 Å². The third kappa shape index (κ3) is 11.1. The van der Waals surface area contributed by atoms with E-state index in [1.165, 1.54) is 132 Å². The van der Waals surface area contributed by atoms with Gasteiger partial charge >= 0.3 is 0 Å². The topological polar surface area (TPSA) is 36.9 Å². The van der Waals surface area contributed by atoms with Crippen molar-refractivity contribution in [3.8, 4) is 11.1 Å². The van der Waals surface area contributed by atoms with Gasteiger partial charge in [-0.15, -0.1) is 0 Å². The van der Waals surface area contributed by atoms with E-state index in [4.69, 9.17) is 18.9 Å². The van der Waals surface area contributed by atoms with Gasteiger partial charge in [0.2, 0.25) is 0 Å². The van der Waals surface area contributed by atoms with Gasteiger partial charge in [-0.05, 0) is 75.0 Å². The summed E-state index contributed by atoms with van der Waals surface area (Å²) < 4.78 is 25.4. The summed E-state index contributed by atoms with van der Waals surface area (Å²) in [4.78, 5) is 0. The van der Waals surface area contributed by atoms with E-state index in [0.29, 0.717) is 29.8 Å². The second-order valence-electron chi connectivity index (χ2n) is 15.5. The largest absolute Gasteiger partial charge is 0.352 e. The summed E-state index contributed by atoms with van der Waals surface area (Å²) in [6.45, 7) is 10.7. The van der Waals surface area contributed by atoms with Crippen molar-refractivity contribution < 1.29 is 18.9 Å². The molecule has 4 nitrogen and oxygen atoms in total. The van der Waals surface area contributed by atoms with Crippen LogP contribution in [0.15, 0.2) is 48.5 Å². The molecule has 0 radical (unpaired) electrons. The molecule has 0 amide bonds. The predicted octanol–water partition coefficient (Wildman–Crippen LogP) is 12.6. The predicted molar refractivity (Wildman–Crippen MR) is 199 cm³/mol. The average Bonchev–Trinajstić information content (AvgIpc) is 3.12. The van der Waals surface area contributed by atoms with Gasteiger partial charge in [0.05, 0.1) is 25.4 Å². The van der Waals surface area contributed by atoms with E-state index < -0.39 is 0 Å². The summed E-state index contributed by atoms with van der Waals surface area (Å²) in [6.07, 6.45) is 23.7. The molecule has 4 heteroatoms. The monoisotopic (exact) mass is 661 g/mol. The molecule has 3 aliphatic rings. The highest BCUT2D eigenvalue weighted by atomic mass is 16.7. The maximum absolute atomic E-state index is 6.49. The molecule has 2 heterocycles. The number of hydrogen-bond donors (Lipinski definition) is 0. The zero-order valence-corrected chi connectivity index (χ0v) is 31.0. The van der Waals surface area contributed by atoms with Crippen LogP contribution in [0.5, 0.6) is 0 Å². The van der Waals surface area contributed by atoms with Crippen molar-refractivity contribution in [1.82, 2.24) is 0 Å². The average molecular weight is 661 g/mol. The second kappa shape index (κ2) is 20.2. The Morgan fingerprint density at radius 2 is 1.00 bits per heavy atom. The summed E-state index contributed by atoms with van der Waals surface area (Å²) in [5, 5.41) is 0. The molecule has 1 unspecified atom stereocenters. The van der Waals surface area contributed by atoms with Gasteiger partial charge in [-0.3, -0.25) is 0 Å². The normalized spacial score (nSPS) is 29.6. The van der Waals surface area contributed by atoms with Crippen LogP contribution in [-0.4, -0.2) is 31.7 Å². The van der Waals surface area contributed by atoms with Crippen LogP contribution in [0.25, 0.3) is 11.1 Å². The molecular formula is C44H68O4. The fourth-order valence-electron chi connectivity index (χ4n) is 8.34. The minimum Gasteiger partial charge on any atom is -0.352 e. The Labute approximate surface area is 294 Å². The Kier molecular flexibility index (Phi) is 15.8. The molecule has 0 bridgehead atoms. The Hall–Kier alpha value is -1.72. The molecule has 48 heavy (non-hydrogen) atoms. The van der Waals surface area contributed by atoms with Crippen molar-refractivity contribution in [2.24, 2.45) is 17.8 Å². The number of rotatable bonds is 18. The van der Waals surface area contributed by atoms with Crippen LogP contribution < -0.4 is 0 Å². The molecular weight excluding hydrogens is 592 g/mol. The molecule has 2 aromatic rings. The van der Waals surface area contributed by atoms with Crippen molar-refractivity contribution in [3.63, 3.8) is 0 Å². The summed E-state index contributed by atoms with van der Waals surface area (Å²) in [5.74, 6) is 2.23. The highest BCUT2D eigenvalue weighted by Gasteiger charge is 2.36. The maximum atomic E-state index is 6.49. The first-order valence-electron chi connectivity index (χ1n) is 20.3. The molecule has 5 rings (SSSR count). The van der Waals surface area contributed by atoms with Gasteiger partial charge in [0.1, 0.15) is 0 Å². The van der Waals surface area contributed by atoms with Crippen LogP contribution in [0.2, 0.25) is 0 Å². The Bertz CT molecular complexity index is 1140. The maximum Gasteiger partial charge on any atom is 0.184 e. The van der Waals surface area contributed by atoms with Crippen LogP contribution in [0.4, 0.5) is 0 Å². The van der Waals surface area contributed by atoms with Crippen molar-refractivity contribution >= 4 is 0 Å². The minimum atomic E-state index is -0.258. The fourth-order valence-corrected chi connectivity index (χ4v) is 8.34. The van der Waals surface area contributed by atoms with Crippen molar-refractivity contribution in [2.45, 2.75) is 174 Å². The molecule has 6 atom stereocenters. The Morgan fingerprint density at radius 3 is 1.52 bits per heavy atom. The number of benzene rings is 2. The first kappa shape index (κ1) is 37.5. The van der Waals surface area contributed by atoms with Gasteiger partial charge in [-0.1, -0.05) is 139 Å². The second-order valence-corrected chi connectivity index (χ2v) is 15.5. The molecule has 0 aromatic heterocycles. The van der Waals surface area contributed by atoms with Gasteiger partial charge in [0.15, 0.2) is 12.6 Å². The highest BCUT2D eigenvalue weighted by Crippen LogP contribution is 2.41. The summed E-state index contributed by atoms with van der Waals surface area (Å²) in [6, 6.07) is 18.1. The lowest BCUT2D eigenvalue weighted by atomic mass is 9.78. The zero-order chi connectivity index (χ0) is 33.6. The summed E-state index contributed by atoms with van der Waals surface area (Å²) in [7, 11) is 0. The lowest BCUT2D eigenvalue weighted by molar-refractivity contribution is -0.257. The SMILES string of the molecule is CCCCCCCC[C@@H]1CO[C@@H](c2ccc(-c3ccc(C4CCC([C@@H]5OC[C@@H](CCCCCCCC)[C@H](C)O5)CC4)cc3)cc2)OC1C. The first-order chi connectivity index (χ1) is 23.6. The third-order valence-corrected chi connectivity index (χ3v) is 11.9. The van der Waals surface area contributed by atoms with Crippen molar-refractivity contribution in [2.75, 3.05) is 13.2 Å². The highest BCUT2D eigenvalue weighted by molar-refractivity contribution is 5.64. The molecule has 2 aromatic carbocycles. The van der Waals surface area contributed by atoms with Crippen LogP contribution in [0.3, 0.4) is 0 Å². The van der Waals surface area contributed by atoms with Crippen LogP contribution in [0, 0.1) is 17.8 Å². The smallest absolute Gasteiger partial charge is 0.184 e. The molecule has 2 saturated heterocycles. The molecule has 0 N–H and O–H groups in total. The van der Waals surface area contributed by atoms with E-state index in [1.54, 1.807) is 0 Å². The Morgan fingerprint density at radius 1 is 0.521 bits per heavy atom. The van der Waals surface area contributed by atoms with E-state index in [2.05, 4.69) is 76.2 Å². The van der Waals surface area contributed by atoms with E-state index in [0.717, 1.165) is 18.8 Å². The van der Waals surface area contributed by atoms with E-state index >= 15 is 0 Å². The van der Waals surface area contributed by atoms with Gasteiger partial charge in [-0.25, -0.2) is 0 Å². The standard InChI is InChI=1S/C44H68O4/c1-5-7-9-11-13-15-17-41-31-45-43(47-33(41)3)39-27-23-37(24-28-39)35-19-21-36(22-20-35)38-25-29-40(30-26-38)44-46-32-42(34(4)48-44)18-16-14-12-10-8-6-2/h19-24,27-28,33-34,38,40-44H,5-18,25-26,29-32H2,1-4H3/t33?,34-,38?,40?,41+,42+,43+,44+/m0/s1. The molecule has 3 fully saturated rings. The zero-order valence-electron chi connectivity index (χ0n) is 31.0. The van der Waals surface area contributed by atoms with Crippen molar-refractivity contribution in [1.29, 1.82) is 0 Å². The molecule has 1 saturated carbocycles. The third-order valence-electron chi connectivity index (χ3n) is 11.9. The van der Waals surface area contributed by atoms with Crippen LogP contribution in [-0.2, 0) is 18.9 Å². The minimum absolute atomic E-state index is 0.00809.